The van der Waals surface area contributed by atoms with Crippen molar-refractivity contribution in [2.75, 3.05) is 53.5 Å². The molecule has 7 heteroatoms. The highest BCUT2D eigenvalue weighted by molar-refractivity contribution is 14.0. The highest BCUT2D eigenvalue weighted by Gasteiger charge is 2.43. The molecule has 1 spiro atoms. The first-order chi connectivity index (χ1) is 11.1. The lowest BCUT2D eigenvalue weighted by Crippen LogP contribution is -2.43. The van der Waals surface area contributed by atoms with E-state index in [4.69, 9.17) is 4.74 Å². The Balaban J connectivity index is 0.00000288. The minimum Gasteiger partial charge on any atom is -0.382 e. The van der Waals surface area contributed by atoms with Gasteiger partial charge in [-0.2, -0.15) is 0 Å². The second-order valence-corrected chi connectivity index (χ2v) is 6.93. The Morgan fingerprint density at radius 3 is 2.62 bits per heavy atom. The van der Waals surface area contributed by atoms with E-state index in [0.717, 1.165) is 45.2 Å². The second-order valence-electron chi connectivity index (χ2n) is 6.93. The van der Waals surface area contributed by atoms with E-state index in [-0.39, 0.29) is 36.4 Å². The van der Waals surface area contributed by atoms with E-state index in [1.165, 1.54) is 25.7 Å². The molecule has 0 radical (unpaired) electrons. The highest BCUT2D eigenvalue weighted by Crippen LogP contribution is 2.47. The number of halogens is 1. The van der Waals surface area contributed by atoms with Crippen LogP contribution >= 0.6 is 24.0 Å². The van der Waals surface area contributed by atoms with Crippen LogP contribution in [-0.2, 0) is 9.53 Å². The van der Waals surface area contributed by atoms with Crippen LogP contribution in [0.15, 0.2) is 4.99 Å². The average Bonchev–Trinajstić information content (AvgIpc) is 2.95. The summed E-state index contributed by atoms with van der Waals surface area (Å²) < 4.78 is 5.38. The molecule has 24 heavy (non-hydrogen) atoms. The topological polar surface area (TPSA) is 57.2 Å². The number of carbonyl (C=O) groups is 1. The van der Waals surface area contributed by atoms with Crippen LogP contribution in [0, 0.1) is 5.41 Å². The van der Waals surface area contributed by atoms with Crippen LogP contribution in [0.4, 0.5) is 0 Å². The molecule has 2 aliphatic rings. The normalized spacial score (nSPS) is 19.0. The molecule has 1 heterocycles. The number of guanidine groups is 1. The summed E-state index contributed by atoms with van der Waals surface area (Å²) in [5.41, 5.74) is 0.527. The summed E-state index contributed by atoms with van der Waals surface area (Å²) in [5.74, 6) is 0.927. The quantitative estimate of drug-likeness (QED) is 0.278. The van der Waals surface area contributed by atoms with Crippen molar-refractivity contribution in [2.24, 2.45) is 10.4 Å². The Morgan fingerprint density at radius 2 is 2.08 bits per heavy atom. The van der Waals surface area contributed by atoms with Crippen molar-refractivity contribution >= 4 is 35.8 Å². The number of amides is 1. The summed E-state index contributed by atoms with van der Waals surface area (Å²) in [5, 5.41) is 3.43. The largest absolute Gasteiger partial charge is 0.382 e. The number of nitrogens with zero attached hydrogens (tertiary/aromatic N) is 3. The monoisotopic (exact) mass is 452 g/mol. The zero-order valence-electron chi connectivity index (χ0n) is 15.3. The van der Waals surface area contributed by atoms with E-state index in [1.807, 2.05) is 6.92 Å². The van der Waals surface area contributed by atoms with E-state index in [1.54, 1.807) is 19.0 Å². The molecule has 0 aromatic carbocycles. The lowest BCUT2D eigenvalue weighted by molar-refractivity contribution is -0.127. The van der Waals surface area contributed by atoms with Crippen molar-refractivity contribution in [3.8, 4) is 0 Å². The van der Waals surface area contributed by atoms with Gasteiger partial charge < -0.3 is 19.9 Å². The third-order valence-corrected chi connectivity index (χ3v) is 4.97. The number of aliphatic imine (C=N–C) groups is 1. The van der Waals surface area contributed by atoms with Crippen LogP contribution in [0.2, 0.25) is 0 Å². The summed E-state index contributed by atoms with van der Waals surface area (Å²) in [6, 6.07) is 0. The van der Waals surface area contributed by atoms with Gasteiger partial charge in [0.05, 0.1) is 0 Å². The second kappa shape index (κ2) is 10.4. The number of hydrogen-bond donors (Lipinski definition) is 1. The molecule has 0 atom stereocenters. The summed E-state index contributed by atoms with van der Waals surface area (Å²) in [6.45, 7) is 6.70. The average molecular weight is 452 g/mol. The van der Waals surface area contributed by atoms with Crippen LogP contribution in [-0.4, -0.2) is 75.2 Å². The summed E-state index contributed by atoms with van der Waals surface area (Å²) >= 11 is 0. The van der Waals surface area contributed by atoms with Gasteiger partial charge in [0.25, 0.3) is 0 Å². The molecule has 2 rings (SSSR count). The Bertz CT molecular complexity index is 425. The van der Waals surface area contributed by atoms with Crippen LogP contribution < -0.4 is 5.32 Å². The van der Waals surface area contributed by atoms with Crippen molar-refractivity contribution in [1.29, 1.82) is 0 Å². The number of carbonyl (C=O) groups excluding carboxylic acids is 1. The number of nitrogens with one attached hydrogen (secondary N) is 1. The predicted octanol–water partition coefficient (Wildman–Crippen LogP) is 1.94. The lowest BCUT2D eigenvalue weighted by Gasteiger charge is -2.38. The molecule has 1 aliphatic heterocycles. The molecule has 0 unspecified atom stereocenters. The third kappa shape index (κ3) is 6.06. The van der Waals surface area contributed by atoms with E-state index in [2.05, 4.69) is 15.2 Å². The standard InChI is InChI=1S/C17H32N4O2.HI/c1-4-23-12-6-10-18-16(19-13-15(22)20(2)3)21-11-9-17(14-21)7-5-8-17;/h4-14H2,1-3H3,(H,18,19);1H. The van der Waals surface area contributed by atoms with Gasteiger partial charge in [-0.05, 0) is 38.0 Å². The van der Waals surface area contributed by atoms with E-state index < -0.39 is 0 Å². The molecule has 1 N–H and O–H groups in total. The molecule has 0 aromatic heterocycles. The maximum atomic E-state index is 11.8. The van der Waals surface area contributed by atoms with Gasteiger partial charge in [-0.1, -0.05) is 6.42 Å². The number of likely N-dealkylation sites (N-methyl/N-ethyl adjacent to an activating group) is 1. The van der Waals surface area contributed by atoms with Crippen LogP contribution in [0.1, 0.15) is 39.0 Å². The molecule has 1 amide bonds. The molecule has 1 aliphatic carbocycles. The SMILES string of the molecule is CCOCCCNC(=NCC(=O)N(C)C)N1CCC2(CCC2)C1.I. The maximum absolute atomic E-state index is 11.8. The molecule has 0 bridgehead atoms. The highest BCUT2D eigenvalue weighted by atomic mass is 127. The minimum absolute atomic E-state index is 0. The summed E-state index contributed by atoms with van der Waals surface area (Å²) in [7, 11) is 3.54. The first-order valence-corrected chi connectivity index (χ1v) is 8.87. The van der Waals surface area contributed by atoms with E-state index in [9.17, 15) is 4.79 Å². The third-order valence-electron chi connectivity index (χ3n) is 4.97. The number of rotatable bonds is 7. The Hall–Kier alpha value is -0.570. The van der Waals surface area contributed by atoms with Crippen LogP contribution in [0.3, 0.4) is 0 Å². The zero-order chi connectivity index (χ0) is 16.7. The first kappa shape index (κ1) is 21.5. The molecule has 1 saturated carbocycles. The summed E-state index contributed by atoms with van der Waals surface area (Å²) in [6.07, 6.45) is 6.26. The zero-order valence-corrected chi connectivity index (χ0v) is 17.7. The van der Waals surface area contributed by atoms with Gasteiger partial charge in [0, 0.05) is 46.9 Å². The van der Waals surface area contributed by atoms with Gasteiger partial charge in [0.1, 0.15) is 6.54 Å². The first-order valence-electron chi connectivity index (χ1n) is 8.87. The Kier molecular flexibility index (Phi) is 9.33. The molecule has 140 valence electrons. The van der Waals surface area contributed by atoms with Crippen molar-refractivity contribution in [2.45, 2.75) is 39.0 Å². The fourth-order valence-corrected chi connectivity index (χ4v) is 3.27. The molecule has 1 saturated heterocycles. The number of ether oxygens (including phenoxy) is 1. The van der Waals surface area contributed by atoms with Gasteiger partial charge in [-0.25, -0.2) is 4.99 Å². The van der Waals surface area contributed by atoms with E-state index in [0.29, 0.717) is 5.41 Å². The molecule has 0 aromatic rings. The predicted molar refractivity (Wildman–Crippen MR) is 108 cm³/mol. The van der Waals surface area contributed by atoms with E-state index >= 15 is 0 Å². The van der Waals surface area contributed by atoms with Gasteiger partial charge in [-0.15, -0.1) is 24.0 Å². The van der Waals surface area contributed by atoms with Gasteiger partial charge in [0.2, 0.25) is 5.91 Å². The number of likely N-dealkylation sites (tertiary alicyclic amines) is 1. The Labute approximate surface area is 163 Å². The van der Waals surface area contributed by atoms with Gasteiger partial charge >= 0.3 is 0 Å². The lowest BCUT2D eigenvalue weighted by atomic mass is 9.68. The smallest absolute Gasteiger partial charge is 0.243 e. The molecular formula is C17H33IN4O2. The van der Waals surface area contributed by atoms with Crippen molar-refractivity contribution in [3.05, 3.63) is 0 Å². The molecule has 6 nitrogen and oxygen atoms in total. The van der Waals surface area contributed by atoms with Crippen molar-refractivity contribution in [1.82, 2.24) is 15.1 Å². The summed E-state index contributed by atoms with van der Waals surface area (Å²) in [4.78, 5) is 20.3. The van der Waals surface area contributed by atoms with Crippen molar-refractivity contribution < 1.29 is 9.53 Å². The fourth-order valence-electron chi connectivity index (χ4n) is 3.27. The fraction of sp³-hybridized carbons (Fsp3) is 0.882. The maximum Gasteiger partial charge on any atom is 0.243 e. The van der Waals surface area contributed by atoms with Gasteiger partial charge in [0.15, 0.2) is 5.96 Å². The number of hydrogen-bond acceptors (Lipinski definition) is 3. The minimum atomic E-state index is 0. The Morgan fingerprint density at radius 1 is 1.33 bits per heavy atom. The molecular weight excluding hydrogens is 419 g/mol. The van der Waals surface area contributed by atoms with Gasteiger partial charge in [-0.3, -0.25) is 4.79 Å². The van der Waals surface area contributed by atoms with Crippen molar-refractivity contribution in [3.63, 3.8) is 0 Å². The van der Waals surface area contributed by atoms with Crippen LogP contribution in [0.25, 0.3) is 0 Å². The molecule has 2 fully saturated rings. The van der Waals surface area contributed by atoms with Crippen LogP contribution in [0.5, 0.6) is 0 Å².